The second-order valence-corrected chi connectivity index (χ2v) is 5.53. The minimum atomic E-state index is 0.0367. The highest BCUT2D eigenvalue weighted by Crippen LogP contribution is 2.22. The second kappa shape index (κ2) is 6.37. The average molecular weight is 235 g/mol. The van der Waals surface area contributed by atoms with Crippen LogP contribution in [0.3, 0.4) is 0 Å². The quantitative estimate of drug-likeness (QED) is 0.794. The first-order valence-electron chi connectivity index (χ1n) is 7.23. The van der Waals surface area contributed by atoms with Gasteiger partial charge in [0, 0.05) is 18.6 Å². The highest BCUT2D eigenvalue weighted by molar-refractivity contribution is 4.98. The molecule has 0 aromatic carbocycles. The van der Waals surface area contributed by atoms with Gasteiger partial charge in [0.05, 0.1) is 6.07 Å². The van der Waals surface area contributed by atoms with Crippen molar-refractivity contribution in [3.05, 3.63) is 0 Å². The lowest BCUT2D eigenvalue weighted by Gasteiger charge is -2.30. The summed E-state index contributed by atoms with van der Waals surface area (Å²) in [5.74, 6) is 0. The number of rotatable bonds is 5. The smallest absolute Gasteiger partial charge is 0.108 e. The van der Waals surface area contributed by atoms with Crippen LogP contribution in [0.1, 0.15) is 51.9 Å². The summed E-state index contributed by atoms with van der Waals surface area (Å²) in [6.45, 7) is 4.38. The fraction of sp³-hybridized carbons (Fsp3) is 0.929. The predicted molar refractivity (Wildman–Crippen MR) is 69.7 cm³/mol. The van der Waals surface area contributed by atoms with Gasteiger partial charge >= 0.3 is 0 Å². The van der Waals surface area contributed by atoms with Gasteiger partial charge in [-0.25, -0.2) is 0 Å². The number of likely N-dealkylation sites (tertiary alicyclic amines) is 1. The molecule has 0 amide bonds. The Hall–Kier alpha value is -0.590. The van der Waals surface area contributed by atoms with Gasteiger partial charge in [0.1, 0.15) is 6.04 Å². The molecule has 1 N–H and O–H groups in total. The van der Waals surface area contributed by atoms with E-state index in [0.717, 1.165) is 6.54 Å². The van der Waals surface area contributed by atoms with Gasteiger partial charge in [-0.2, -0.15) is 5.26 Å². The molecule has 0 spiro atoms. The van der Waals surface area contributed by atoms with E-state index in [4.69, 9.17) is 0 Å². The van der Waals surface area contributed by atoms with Crippen LogP contribution in [0.25, 0.3) is 0 Å². The molecule has 3 heteroatoms. The molecule has 0 bridgehead atoms. The van der Waals surface area contributed by atoms with E-state index in [1.807, 2.05) is 0 Å². The molecule has 2 rings (SSSR count). The number of hydrogen-bond acceptors (Lipinski definition) is 3. The van der Waals surface area contributed by atoms with Crippen molar-refractivity contribution < 1.29 is 0 Å². The van der Waals surface area contributed by atoms with Gasteiger partial charge in [-0.1, -0.05) is 19.8 Å². The molecule has 0 aromatic rings. The number of nitriles is 1. The lowest BCUT2D eigenvalue weighted by atomic mass is 10.1. The van der Waals surface area contributed by atoms with Gasteiger partial charge < -0.3 is 0 Å². The molecule has 96 valence electrons. The first kappa shape index (κ1) is 12.9. The molecule has 2 atom stereocenters. The van der Waals surface area contributed by atoms with Crippen LogP contribution in [0.5, 0.6) is 0 Å². The maximum Gasteiger partial charge on any atom is 0.108 e. The zero-order valence-corrected chi connectivity index (χ0v) is 11.0. The Bertz CT molecular complexity index is 267. The van der Waals surface area contributed by atoms with Crippen molar-refractivity contribution in [2.24, 2.45) is 0 Å². The van der Waals surface area contributed by atoms with E-state index in [1.165, 1.54) is 51.5 Å². The van der Waals surface area contributed by atoms with Crippen molar-refractivity contribution in [2.75, 3.05) is 13.1 Å². The molecular formula is C14H25N3. The Morgan fingerprint density at radius 2 is 2.12 bits per heavy atom. The topological polar surface area (TPSA) is 39.1 Å². The molecule has 0 radical (unpaired) electrons. The molecule has 2 fully saturated rings. The summed E-state index contributed by atoms with van der Waals surface area (Å²) in [4.78, 5) is 2.55. The standard InChI is InChI=1S/C14H25N3/c1-2-14-6-4-3-5-9-17(14)11-13(10-15)16-12-7-8-12/h12-14,16H,2-9,11H2,1H3. The van der Waals surface area contributed by atoms with Gasteiger partial charge in [-0.3, -0.25) is 10.2 Å². The van der Waals surface area contributed by atoms with Crippen molar-refractivity contribution in [3.8, 4) is 6.07 Å². The summed E-state index contributed by atoms with van der Waals surface area (Å²) in [5.41, 5.74) is 0. The van der Waals surface area contributed by atoms with Crippen molar-refractivity contribution >= 4 is 0 Å². The van der Waals surface area contributed by atoms with E-state index in [9.17, 15) is 5.26 Å². The molecule has 1 heterocycles. The molecule has 1 saturated carbocycles. The summed E-state index contributed by atoms with van der Waals surface area (Å²) < 4.78 is 0. The van der Waals surface area contributed by atoms with Gasteiger partial charge in [0.25, 0.3) is 0 Å². The highest BCUT2D eigenvalue weighted by Gasteiger charge is 2.27. The maximum atomic E-state index is 9.22. The monoisotopic (exact) mass is 235 g/mol. The lowest BCUT2D eigenvalue weighted by molar-refractivity contribution is 0.184. The van der Waals surface area contributed by atoms with Crippen LogP contribution in [0.15, 0.2) is 0 Å². The predicted octanol–water partition coefficient (Wildman–Crippen LogP) is 2.29. The first-order valence-corrected chi connectivity index (χ1v) is 7.23. The van der Waals surface area contributed by atoms with Crippen LogP contribution in [0, 0.1) is 11.3 Å². The summed E-state index contributed by atoms with van der Waals surface area (Å²) in [5, 5.41) is 12.7. The van der Waals surface area contributed by atoms with Gasteiger partial charge in [-0.15, -0.1) is 0 Å². The second-order valence-electron chi connectivity index (χ2n) is 5.53. The first-order chi connectivity index (χ1) is 8.33. The normalized spacial score (nSPS) is 28.4. The minimum Gasteiger partial charge on any atom is -0.298 e. The fourth-order valence-electron chi connectivity index (χ4n) is 2.84. The Balaban J connectivity index is 1.86. The fourth-order valence-corrected chi connectivity index (χ4v) is 2.84. The van der Waals surface area contributed by atoms with Crippen LogP contribution < -0.4 is 5.32 Å². The molecule has 17 heavy (non-hydrogen) atoms. The summed E-state index contributed by atoms with van der Waals surface area (Å²) >= 11 is 0. The van der Waals surface area contributed by atoms with Crippen molar-refractivity contribution in [1.82, 2.24) is 10.2 Å². The van der Waals surface area contributed by atoms with Gasteiger partial charge in [0.15, 0.2) is 0 Å². The van der Waals surface area contributed by atoms with E-state index in [2.05, 4.69) is 23.2 Å². The van der Waals surface area contributed by atoms with Gasteiger partial charge in [-0.05, 0) is 38.6 Å². The Morgan fingerprint density at radius 3 is 2.76 bits per heavy atom. The van der Waals surface area contributed by atoms with Crippen LogP contribution >= 0.6 is 0 Å². The van der Waals surface area contributed by atoms with Crippen LogP contribution in [0.4, 0.5) is 0 Å². The molecule has 1 saturated heterocycles. The van der Waals surface area contributed by atoms with E-state index in [-0.39, 0.29) is 6.04 Å². The maximum absolute atomic E-state index is 9.22. The highest BCUT2D eigenvalue weighted by atomic mass is 15.2. The molecular weight excluding hydrogens is 210 g/mol. The van der Waals surface area contributed by atoms with Crippen LogP contribution in [-0.4, -0.2) is 36.1 Å². The SMILES string of the molecule is CCC1CCCCCN1CC(C#N)NC1CC1. The van der Waals surface area contributed by atoms with E-state index < -0.39 is 0 Å². The van der Waals surface area contributed by atoms with Crippen molar-refractivity contribution in [1.29, 1.82) is 5.26 Å². The van der Waals surface area contributed by atoms with E-state index in [1.54, 1.807) is 0 Å². The third-order valence-electron chi connectivity index (χ3n) is 4.06. The number of nitrogens with zero attached hydrogens (tertiary/aromatic N) is 2. The average Bonchev–Trinajstić information content (AvgIpc) is 3.15. The Morgan fingerprint density at radius 1 is 1.29 bits per heavy atom. The molecule has 2 aliphatic rings. The summed E-state index contributed by atoms with van der Waals surface area (Å²) in [6.07, 6.45) is 9.09. The third-order valence-corrected chi connectivity index (χ3v) is 4.06. The third kappa shape index (κ3) is 3.97. The zero-order chi connectivity index (χ0) is 12.1. The molecule has 2 unspecified atom stereocenters. The largest absolute Gasteiger partial charge is 0.298 e. The van der Waals surface area contributed by atoms with E-state index in [0.29, 0.717) is 12.1 Å². The minimum absolute atomic E-state index is 0.0367. The molecule has 1 aliphatic carbocycles. The Labute approximate surface area is 105 Å². The number of hydrogen-bond donors (Lipinski definition) is 1. The van der Waals surface area contributed by atoms with Gasteiger partial charge in [0.2, 0.25) is 0 Å². The number of nitrogens with one attached hydrogen (secondary N) is 1. The Kier molecular flexibility index (Phi) is 4.82. The molecule has 1 aliphatic heterocycles. The van der Waals surface area contributed by atoms with Crippen molar-refractivity contribution in [2.45, 2.75) is 70.0 Å². The summed E-state index contributed by atoms with van der Waals surface area (Å²) in [6, 6.07) is 3.80. The zero-order valence-electron chi connectivity index (χ0n) is 11.0. The van der Waals surface area contributed by atoms with Crippen LogP contribution in [0.2, 0.25) is 0 Å². The lowest BCUT2D eigenvalue weighted by Crippen LogP contribution is -2.45. The molecule has 0 aromatic heterocycles. The summed E-state index contributed by atoms with van der Waals surface area (Å²) in [7, 11) is 0. The van der Waals surface area contributed by atoms with Crippen LogP contribution in [-0.2, 0) is 0 Å². The molecule has 3 nitrogen and oxygen atoms in total. The van der Waals surface area contributed by atoms with Crippen molar-refractivity contribution in [3.63, 3.8) is 0 Å². The van der Waals surface area contributed by atoms with E-state index >= 15 is 0 Å².